The summed E-state index contributed by atoms with van der Waals surface area (Å²) in [4.78, 5) is 0. The van der Waals surface area contributed by atoms with Crippen molar-refractivity contribution in [2.24, 2.45) is 0 Å². The molecule has 0 unspecified atom stereocenters. The van der Waals surface area contributed by atoms with Crippen LogP contribution in [-0.2, 0) is 9.13 Å². The fourth-order valence-electron chi connectivity index (χ4n) is 3.58. The first-order valence-corrected chi connectivity index (χ1v) is 17.3. The molecule has 0 aliphatic rings. The molecule has 0 spiro atoms. The second-order valence-corrected chi connectivity index (χ2v) is 13.1. The van der Waals surface area contributed by atoms with Crippen molar-refractivity contribution < 1.29 is 9.13 Å². The van der Waals surface area contributed by atoms with E-state index in [1.54, 1.807) is 0 Å². The summed E-state index contributed by atoms with van der Waals surface area (Å²) in [7, 11) is -6.28. The van der Waals surface area contributed by atoms with Crippen molar-refractivity contribution in [1.29, 1.82) is 0 Å². The highest BCUT2D eigenvalue weighted by Crippen LogP contribution is 2.59. The lowest BCUT2D eigenvalue weighted by Crippen LogP contribution is -2.25. The van der Waals surface area contributed by atoms with Gasteiger partial charge in [-0.3, -0.25) is 0 Å². The zero-order valence-corrected chi connectivity index (χ0v) is 25.8. The third-order valence-electron chi connectivity index (χ3n) is 5.09. The maximum atomic E-state index is 14.6. The Bertz CT molecular complexity index is 978. The molecule has 0 heterocycles. The predicted octanol–water partition coefficient (Wildman–Crippen LogP) is 9.08. The first kappa shape index (κ1) is 34.3. The van der Waals surface area contributed by atoms with Crippen molar-refractivity contribution in [2.75, 3.05) is 5.90 Å². The molecule has 0 aliphatic heterocycles. The Morgan fingerprint density at radius 2 is 0.514 bits per heavy atom. The van der Waals surface area contributed by atoms with E-state index in [0.717, 1.165) is 21.2 Å². The van der Waals surface area contributed by atoms with E-state index >= 15 is 0 Å². The van der Waals surface area contributed by atoms with E-state index in [-0.39, 0.29) is 5.90 Å². The van der Waals surface area contributed by atoms with Gasteiger partial charge in [-0.1, -0.05) is 177 Å². The number of hydrogen-bond donors (Lipinski definition) is 0. The Balaban J connectivity index is 0.00000148. The van der Waals surface area contributed by atoms with Crippen molar-refractivity contribution in [3.63, 3.8) is 0 Å². The van der Waals surface area contributed by atoms with Gasteiger partial charge in [-0.25, -0.2) is 0 Å². The van der Waals surface area contributed by atoms with E-state index in [1.165, 1.54) is 0 Å². The summed E-state index contributed by atoms with van der Waals surface area (Å²) < 4.78 is 29.2. The van der Waals surface area contributed by atoms with Crippen molar-refractivity contribution in [1.82, 2.24) is 0 Å². The minimum atomic E-state index is -3.14. The second-order valence-electron chi connectivity index (χ2n) is 6.96. The van der Waals surface area contributed by atoms with Gasteiger partial charge in [0.15, 0.2) is 14.3 Å². The van der Waals surface area contributed by atoms with Gasteiger partial charge in [-0.15, -0.1) is 0 Å². The van der Waals surface area contributed by atoms with Crippen LogP contribution in [0.2, 0.25) is 0 Å². The highest BCUT2D eigenvalue weighted by Gasteiger charge is 2.39. The Morgan fingerprint density at radius 1 is 0.351 bits per heavy atom. The van der Waals surface area contributed by atoms with Gasteiger partial charge in [0, 0.05) is 21.2 Å². The molecule has 4 rings (SSSR count). The largest absolute Gasteiger partial charge is 0.313 e. The van der Waals surface area contributed by atoms with E-state index in [2.05, 4.69) is 0 Å². The SMILES string of the molecule is CC.CC.CC.CC.O=P(CP(=O)(c1ccccc1)c1ccccc1)(c1ccccc1)c1ccccc1. The maximum Gasteiger partial charge on any atom is 0.150 e. The smallest absolute Gasteiger partial charge is 0.150 e. The third kappa shape index (κ3) is 9.30. The predicted molar refractivity (Wildman–Crippen MR) is 170 cm³/mol. The minimum Gasteiger partial charge on any atom is -0.313 e. The van der Waals surface area contributed by atoms with Crippen LogP contribution in [0.25, 0.3) is 0 Å². The summed E-state index contributed by atoms with van der Waals surface area (Å²) >= 11 is 0. The molecule has 200 valence electrons. The molecular formula is C33H46O2P2. The molecule has 0 fully saturated rings. The lowest BCUT2D eigenvalue weighted by atomic mass is 10.4. The molecular weight excluding hydrogens is 490 g/mol. The molecule has 2 nitrogen and oxygen atoms in total. The molecule has 0 saturated carbocycles. The highest BCUT2D eigenvalue weighted by molar-refractivity contribution is 7.94. The Hall–Kier alpha value is -2.66. The molecule has 0 atom stereocenters. The summed E-state index contributed by atoms with van der Waals surface area (Å²) in [5, 5.41) is 2.94. The van der Waals surface area contributed by atoms with Crippen molar-refractivity contribution in [3.8, 4) is 0 Å². The maximum absolute atomic E-state index is 14.6. The molecule has 37 heavy (non-hydrogen) atoms. The molecule has 4 heteroatoms. The van der Waals surface area contributed by atoms with Crippen LogP contribution in [0.4, 0.5) is 0 Å². The zero-order valence-electron chi connectivity index (χ0n) is 24.0. The van der Waals surface area contributed by atoms with Crippen molar-refractivity contribution in [2.45, 2.75) is 55.4 Å². The lowest BCUT2D eigenvalue weighted by Gasteiger charge is -2.26. The fourth-order valence-corrected chi connectivity index (χ4v) is 11.6. The van der Waals surface area contributed by atoms with Crippen LogP contribution in [-0.4, -0.2) is 5.90 Å². The summed E-state index contributed by atoms with van der Waals surface area (Å²) in [5.74, 6) is 0.0854. The Labute approximate surface area is 226 Å². The van der Waals surface area contributed by atoms with E-state index < -0.39 is 14.3 Å². The monoisotopic (exact) mass is 536 g/mol. The van der Waals surface area contributed by atoms with Crippen LogP contribution in [0.15, 0.2) is 121 Å². The molecule has 0 N–H and O–H groups in total. The summed E-state index contributed by atoms with van der Waals surface area (Å²) in [6, 6.07) is 37.8. The quantitative estimate of drug-likeness (QED) is 0.230. The van der Waals surface area contributed by atoms with Gasteiger partial charge in [-0.2, -0.15) is 0 Å². The Kier molecular flexibility index (Phi) is 18.1. The summed E-state index contributed by atoms with van der Waals surface area (Å²) in [6.45, 7) is 16.0. The molecule has 4 aromatic rings. The molecule has 0 amide bonds. The highest BCUT2D eigenvalue weighted by atomic mass is 31.2. The van der Waals surface area contributed by atoms with Gasteiger partial charge in [0.2, 0.25) is 0 Å². The lowest BCUT2D eigenvalue weighted by molar-refractivity contribution is 0.582. The van der Waals surface area contributed by atoms with Crippen LogP contribution in [0.3, 0.4) is 0 Å². The number of rotatable bonds is 6. The van der Waals surface area contributed by atoms with Gasteiger partial charge in [0.25, 0.3) is 0 Å². The zero-order chi connectivity index (χ0) is 28.2. The minimum absolute atomic E-state index is 0.0854. The van der Waals surface area contributed by atoms with Crippen LogP contribution in [0, 0.1) is 0 Å². The second kappa shape index (κ2) is 19.5. The Morgan fingerprint density at radius 3 is 0.676 bits per heavy atom. The summed E-state index contributed by atoms with van der Waals surface area (Å²) in [6.07, 6.45) is 0. The first-order chi connectivity index (χ1) is 18.1. The molecule has 0 aliphatic carbocycles. The molecule has 0 saturated heterocycles. The van der Waals surface area contributed by atoms with E-state index in [4.69, 9.17) is 0 Å². The third-order valence-corrected chi connectivity index (χ3v) is 12.8. The van der Waals surface area contributed by atoms with Crippen molar-refractivity contribution >= 4 is 35.5 Å². The number of hydrogen-bond acceptors (Lipinski definition) is 2. The molecule has 4 aromatic carbocycles. The van der Waals surface area contributed by atoms with Gasteiger partial charge in [0.1, 0.15) is 0 Å². The van der Waals surface area contributed by atoms with Crippen LogP contribution >= 0.6 is 14.3 Å². The topological polar surface area (TPSA) is 34.1 Å². The normalized spacial score (nSPS) is 9.95. The average molecular weight is 537 g/mol. The molecule has 0 radical (unpaired) electrons. The standard InChI is InChI=1S/C25H22O2P2.4C2H6/c26-28(22-13-5-1-6-14-22,23-15-7-2-8-16-23)21-29(27,24-17-9-3-10-18-24)25-19-11-4-12-20-25;4*1-2/h1-20H,21H2;4*1-2H3. The van der Waals surface area contributed by atoms with Gasteiger partial charge in [-0.05, 0) is 0 Å². The van der Waals surface area contributed by atoms with E-state index in [0.29, 0.717) is 0 Å². The van der Waals surface area contributed by atoms with Crippen molar-refractivity contribution in [3.05, 3.63) is 121 Å². The fraction of sp³-hybridized carbons (Fsp3) is 0.273. The van der Waals surface area contributed by atoms with Crippen LogP contribution < -0.4 is 21.2 Å². The summed E-state index contributed by atoms with van der Waals surface area (Å²) in [5.41, 5.74) is 0. The van der Waals surface area contributed by atoms with E-state index in [9.17, 15) is 9.13 Å². The first-order valence-electron chi connectivity index (χ1n) is 13.5. The van der Waals surface area contributed by atoms with Gasteiger partial charge < -0.3 is 9.13 Å². The molecule has 0 aromatic heterocycles. The van der Waals surface area contributed by atoms with Crippen LogP contribution in [0.5, 0.6) is 0 Å². The van der Waals surface area contributed by atoms with Crippen LogP contribution in [0.1, 0.15) is 55.4 Å². The van der Waals surface area contributed by atoms with Gasteiger partial charge in [0.05, 0.1) is 5.90 Å². The molecule has 0 bridgehead atoms. The average Bonchev–Trinajstić information content (AvgIpc) is 3.03. The van der Waals surface area contributed by atoms with Gasteiger partial charge >= 0.3 is 0 Å². The van der Waals surface area contributed by atoms with E-state index in [1.807, 2.05) is 177 Å². The number of benzene rings is 4.